The number of hydrogen-bond donors (Lipinski definition) is 1. The van der Waals surface area contributed by atoms with E-state index in [1.54, 1.807) is 25.3 Å². The van der Waals surface area contributed by atoms with Crippen LogP contribution in [0.2, 0.25) is 0 Å². The van der Waals surface area contributed by atoms with Gasteiger partial charge in [0.25, 0.3) is 5.91 Å². The summed E-state index contributed by atoms with van der Waals surface area (Å²) in [6, 6.07) is 14.1. The van der Waals surface area contributed by atoms with E-state index in [9.17, 15) is 9.59 Å². The van der Waals surface area contributed by atoms with Gasteiger partial charge in [0.1, 0.15) is 11.3 Å². The highest BCUT2D eigenvalue weighted by Gasteiger charge is 2.24. The highest BCUT2D eigenvalue weighted by molar-refractivity contribution is 9.10. The monoisotopic (exact) mass is 486 g/mol. The Kier molecular flexibility index (Phi) is 6.70. The summed E-state index contributed by atoms with van der Waals surface area (Å²) in [7, 11) is 1.63. The third-order valence-corrected chi connectivity index (χ3v) is 5.85. The fourth-order valence-electron chi connectivity index (χ4n) is 3.69. The lowest BCUT2D eigenvalue weighted by Gasteiger charge is -2.35. The second kappa shape index (κ2) is 9.64. The number of benzene rings is 2. The first-order chi connectivity index (χ1) is 15.0. The summed E-state index contributed by atoms with van der Waals surface area (Å²) in [4.78, 5) is 27.5. The molecule has 1 fully saturated rings. The first kappa shape index (κ1) is 21.5. The minimum atomic E-state index is -0.425. The van der Waals surface area contributed by atoms with E-state index in [-0.39, 0.29) is 17.2 Å². The third kappa shape index (κ3) is 4.98. The van der Waals surface area contributed by atoms with Gasteiger partial charge in [0.15, 0.2) is 11.2 Å². The molecule has 31 heavy (non-hydrogen) atoms. The van der Waals surface area contributed by atoms with Gasteiger partial charge in [-0.15, -0.1) is 0 Å². The molecule has 1 atom stereocenters. The summed E-state index contributed by atoms with van der Waals surface area (Å²) in [5.74, 6) is 0.342. The van der Waals surface area contributed by atoms with E-state index >= 15 is 0 Å². The van der Waals surface area contributed by atoms with Crippen LogP contribution in [-0.4, -0.2) is 50.8 Å². The van der Waals surface area contributed by atoms with Crippen molar-refractivity contribution in [1.82, 2.24) is 10.2 Å². The maximum atomic E-state index is 12.8. The van der Waals surface area contributed by atoms with E-state index in [0.717, 1.165) is 28.9 Å². The molecule has 0 spiro atoms. The number of rotatable bonds is 6. The molecule has 162 valence electrons. The van der Waals surface area contributed by atoms with Gasteiger partial charge < -0.3 is 19.2 Å². The minimum Gasteiger partial charge on any atom is -0.497 e. The lowest BCUT2D eigenvalue weighted by Crippen LogP contribution is -2.43. The summed E-state index contributed by atoms with van der Waals surface area (Å²) in [6.45, 7) is 3.20. The van der Waals surface area contributed by atoms with Gasteiger partial charge in [-0.3, -0.25) is 14.5 Å². The van der Waals surface area contributed by atoms with Gasteiger partial charge in [-0.05, 0) is 35.9 Å². The van der Waals surface area contributed by atoms with Crippen LogP contribution in [-0.2, 0) is 4.74 Å². The number of carbonyl (C=O) groups excluding carboxylic acids is 1. The van der Waals surface area contributed by atoms with Crippen molar-refractivity contribution >= 4 is 32.8 Å². The van der Waals surface area contributed by atoms with Crippen LogP contribution in [0.3, 0.4) is 0 Å². The Morgan fingerprint density at radius 3 is 2.61 bits per heavy atom. The number of methoxy groups -OCH3 is 1. The zero-order valence-corrected chi connectivity index (χ0v) is 18.7. The van der Waals surface area contributed by atoms with Gasteiger partial charge in [0.05, 0.1) is 31.8 Å². The molecule has 1 aliphatic heterocycles. The average molecular weight is 487 g/mol. The number of nitrogens with zero attached hydrogens (tertiary/aromatic N) is 1. The fraction of sp³-hybridized carbons (Fsp3) is 0.304. The molecule has 1 aromatic heterocycles. The predicted molar refractivity (Wildman–Crippen MR) is 121 cm³/mol. The normalized spacial score (nSPS) is 15.5. The van der Waals surface area contributed by atoms with Crippen molar-refractivity contribution in [2.45, 2.75) is 6.04 Å². The Morgan fingerprint density at radius 1 is 1.16 bits per heavy atom. The van der Waals surface area contributed by atoms with E-state index < -0.39 is 5.91 Å². The molecular formula is C23H23BrN2O5. The molecule has 0 bridgehead atoms. The van der Waals surface area contributed by atoms with Gasteiger partial charge in [0, 0.05) is 30.2 Å². The molecule has 7 nitrogen and oxygen atoms in total. The maximum absolute atomic E-state index is 12.8. The van der Waals surface area contributed by atoms with Crippen LogP contribution in [0.4, 0.5) is 0 Å². The quantitative estimate of drug-likeness (QED) is 0.575. The Hall–Kier alpha value is -2.68. The molecule has 1 saturated heterocycles. The minimum absolute atomic E-state index is 0.00828. The molecule has 4 rings (SSSR count). The van der Waals surface area contributed by atoms with Gasteiger partial charge in [0.2, 0.25) is 0 Å². The van der Waals surface area contributed by atoms with E-state index in [1.807, 2.05) is 24.3 Å². The third-order valence-electron chi connectivity index (χ3n) is 5.36. The molecule has 0 radical (unpaired) electrons. The first-order valence-corrected chi connectivity index (χ1v) is 10.8. The molecule has 2 aromatic carbocycles. The van der Waals surface area contributed by atoms with Crippen LogP contribution in [0.25, 0.3) is 11.0 Å². The number of ether oxygens (including phenoxy) is 2. The zero-order chi connectivity index (χ0) is 21.8. The van der Waals surface area contributed by atoms with Gasteiger partial charge in [-0.1, -0.05) is 28.1 Å². The standard InChI is InChI=1S/C23H23BrN2O5/c1-29-17-5-2-15(3-6-17)19(26-8-10-30-11-9-26)14-25-23(28)22-13-20(27)18-7-4-16(24)12-21(18)31-22/h2-7,12-13,19H,8-11,14H2,1H3,(H,25,28)/t19-/m0/s1. The van der Waals surface area contributed by atoms with Gasteiger partial charge >= 0.3 is 0 Å². The summed E-state index contributed by atoms with van der Waals surface area (Å²) in [5.41, 5.74) is 1.18. The van der Waals surface area contributed by atoms with E-state index in [4.69, 9.17) is 13.9 Å². The lowest BCUT2D eigenvalue weighted by molar-refractivity contribution is 0.0161. The molecule has 1 aliphatic rings. The number of amides is 1. The van der Waals surface area contributed by atoms with E-state index in [1.165, 1.54) is 6.07 Å². The Balaban J connectivity index is 1.55. The first-order valence-electron chi connectivity index (χ1n) is 10.0. The molecule has 0 unspecified atom stereocenters. The molecule has 1 amide bonds. The molecule has 1 N–H and O–H groups in total. The molecular weight excluding hydrogens is 464 g/mol. The maximum Gasteiger partial charge on any atom is 0.287 e. The van der Waals surface area contributed by atoms with Crippen LogP contribution in [0.1, 0.15) is 22.2 Å². The van der Waals surface area contributed by atoms with E-state index in [0.29, 0.717) is 30.7 Å². The summed E-state index contributed by atoms with van der Waals surface area (Å²) in [6.07, 6.45) is 0. The smallest absolute Gasteiger partial charge is 0.287 e. The number of fused-ring (bicyclic) bond motifs is 1. The number of carbonyl (C=O) groups is 1. The lowest BCUT2D eigenvalue weighted by atomic mass is 10.0. The number of halogens is 1. The van der Waals surface area contributed by atoms with E-state index in [2.05, 4.69) is 26.1 Å². The van der Waals surface area contributed by atoms with Crippen molar-refractivity contribution in [3.8, 4) is 5.75 Å². The fourth-order valence-corrected chi connectivity index (χ4v) is 4.03. The van der Waals surface area contributed by atoms with Crippen molar-refractivity contribution in [1.29, 1.82) is 0 Å². The molecule has 3 aromatic rings. The van der Waals surface area contributed by atoms with Crippen molar-refractivity contribution in [3.05, 3.63) is 74.6 Å². The predicted octanol–water partition coefficient (Wildman–Crippen LogP) is 3.37. The zero-order valence-electron chi connectivity index (χ0n) is 17.1. The van der Waals surface area contributed by atoms with Crippen molar-refractivity contribution in [2.24, 2.45) is 0 Å². The largest absolute Gasteiger partial charge is 0.497 e. The second-order valence-electron chi connectivity index (χ2n) is 7.26. The SMILES string of the molecule is COc1ccc([C@H](CNC(=O)c2cc(=O)c3ccc(Br)cc3o2)N2CCOCC2)cc1. The van der Waals surface area contributed by atoms with Gasteiger partial charge in [-0.2, -0.15) is 0 Å². The highest BCUT2D eigenvalue weighted by atomic mass is 79.9. The van der Waals surface area contributed by atoms with Crippen molar-refractivity contribution in [3.63, 3.8) is 0 Å². The molecule has 8 heteroatoms. The van der Waals surface area contributed by atoms with Crippen LogP contribution in [0.5, 0.6) is 5.75 Å². The van der Waals surface area contributed by atoms with Crippen molar-refractivity contribution in [2.75, 3.05) is 40.0 Å². The Bertz CT molecular complexity index is 1120. The average Bonchev–Trinajstić information content (AvgIpc) is 2.79. The van der Waals surface area contributed by atoms with Gasteiger partial charge in [-0.25, -0.2) is 0 Å². The summed E-state index contributed by atoms with van der Waals surface area (Å²) < 4.78 is 17.2. The topological polar surface area (TPSA) is 81.0 Å². The molecule has 0 saturated carbocycles. The van der Waals surface area contributed by atoms with Crippen LogP contribution >= 0.6 is 15.9 Å². The summed E-state index contributed by atoms with van der Waals surface area (Å²) in [5, 5.41) is 3.37. The number of morpholine rings is 1. The number of hydrogen-bond acceptors (Lipinski definition) is 6. The highest BCUT2D eigenvalue weighted by Crippen LogP contribution is 2.24. The van der Waals surface area contributed by atoms with Crippen LogP contribution in [0, 0.1) is 0 Å². The summed E-state index contributed by atoms with van der Waals surface area (Å²) >= 11 is 3.36. The second-order valence-corrected chi connectivity index (χ2v) is 8.18. The van der Waals surface area contributed by atoms with Crippen LogP contribution in [0.15, 0.2) is 62.2 Å². The molecule has 2 heterocycles. The number of nitrogens with one attached hydrogen (secondary N) is 1. The molecule has 0 aliphatic carbocycles. The Morgan fingerprint density at radius 2 is 1.90 bits per heavy atom. The van der Waals surface area contributed by atoms with Crippen molar-refractivity contribution < 1.29 is 18.7 Å². The van der Waals surface area contributed by atoms with Crippen LogP contribution < -0.4 is 15.5 Å². The Labute approximate surface area is 188 Å².